The maximum Gasteiger partial charge on any atom is 0.322 e. The maximum absolute atomic E-state index is 7.09. The molecule has 0 aromatic heterocycles. The van der Waals surface area contributed by atoms with Crippen molar-refractivity contribution in [3.8, 4) is 0 Å². The van der Waals surface area contributed by atoms with Gasteiger partial charge in [-0.1, -0.05) is 19.4 Å². The van der Waals surface area contributed by atoms with Gasteiger partial charge < -0.3 is 5.11 Å². The highest BCUT2D eigenvalue weighted by atomic mass is 16.3. The highest BCUT2D eigenvalue weighted by molar-refractivity contribution is 5.70. The Labute approximate surface area is 68.7 Å². The molecule has 2 heteroatoms. The van der Waals surface area contributed by atoms with Crippen LogP contribution in [-0.4, -0.2) is 17.5 Å². The van der Waals surface area contributed by atoms with E-state index in [0.29, 0.717) is 11.8 Å². The minimum absolute atomic E-state index is 0.410. The molecule has 0 fully saturated rings. The molecular weight excluding hydrogens is 138 g/mol. The summed E-state index contributed by atoms with van der Waals surface area (Å²) in [6.45, 7) is 8.30. The first-order chi connectivity index (χ1) is 5.20. The Bertz CT molecular complexity index is 136. The molecule has 11 heavy (non-hydrogen) atoms. The summed E-state index contributed by atoms with van der Waals surface area (Å²) < 4.78 is 0. The largest absolute Gasteiger partial charge is 0.582 e. The fraction of sp³-hybridized carbons (Fsp3) is 0.667. The average Bonchev–Trinajstić information content (AvgIpc) is 1.97. The molecular formula is C9H18NO+. The van der Waals surface area contributed by atoms with E-state index in [4.69, 9.17) is 5.11 Å². The van der Waals surface area contributed by atoms with Crippen LogP contribution in [0.1, 0.15) is 26.7 Å². The van der Waals surface area contributed by atoms with Gasteiger partial charge in [0.25, 0.3) is 0 Å². The third kappa shape index (κ3) is 5.64. The van der Waals surface area contributed by atoms with E-state index in [-0.39, 0.29) is 0 Å². The van der Waals surface area contributed by atoms with E-state index in [1.54, 1.807) is 6.92 Å². The molecule has 0 spiro atoms. The zero-order chi connectivity index (χ0) is 8.69. The van der Waals surface area contributed by atoms with Gasteiger partial charge in [0, 0.05) is 0 Å². The number of hydrogen-bond donors (Lipinski definition) is 0. The van der Waals surface area contributed by atoms with Crippen molar-refractivity contribution in [2.45, 2.75) is 26.7 Å². The molecule has 2 N–H and O–H groups in total. The van der Waals surface area contributed by atoms with Crippen LogP contribution in [0.25, 0.3) is 0 Å². The second kappa shape index (κ2) is 5.96. The van der Waals surface area contributed by atoms with Gasteiger partial charge in [0.05, 0.1) is 13.5 Å². The molecule has 64 valence electrons. The molecule has 0 aromatic rings. The summed E-state index contributed by atoms with van der Waals surface area (Å²) in [5.74, 6) is 0.869. The summed E-state index contributed by atoms with van der Waals surface area (Å²) in [6, 6.07) is 0. The van der Waals surface area contributed by atoms with Gasteiger partial charge in [-0.3, -0.25) is 0 Å². The van der Waals surface area contributed by atoms with Crippen LogP contribution in [-0.2, 0) is 0 Å². The van der Waals surface area contributed by atoms with Gasteiger partial charge in [-0.25, -0.2) is 4.99 Å². The van der Waals surface area contributed by atoms with Crippen molar-refractivity contribution < 1.29 is 5.11 Å². The molecule has 0 aromatic carbocycles. The number of nitrogens with zero attached hydrogens (tertiary/aromatic N) is 1. The van der Waals surface area contributed by atoms with Gasteiger partial charge in [0.2, 0.25) is 0 Å². The van der Waals surface area contributed by atoms with Crippen LogP contribution in [0.4, 0.5) is 0 Å². The molecule has 0 bridgehead atoms. The van der Waals surface area contributed by atoms with Crippen molar-refractivity contribution in [1.29, 1.82) is 0 Å². The fourth-order valence-electron chi connectivity index (χ4n) is 0.909. The van der Waals surface area contributed by atoms with Crippen LogP contribution in [0.3, 0.4) is 0 Å². The molecule has 0 heterocycles. The Hall–Kier alpha value is -0.790. The smallest absolute Gasteiger partial charge is 0.322 e. The average molecular weight is 156 g/mol. The molecule has 0 radical (unpaired) electrons. The maximum atomic E-state index is 7.09. The highest BCUT2D eigenvalue weighted by Gasteiger charge is 2.01. The molecule has 1 atom stereocenters. The number of aliphatic imine (C=N–C) groups is 1. The minimum atomic E-state index is 0.410. The summed E-state index contributed by atoms with van der Waals surface area (Å²) in [6.07, 6.45) is 4.21. The molecule has 0 aliphatic heterocycles. The van der Waals surface area contributed by atoms with Crippen LogP contribution in [0.5, 0.6) is 0 Å². The lowest BCUT2D eigenvalue weighted by Crippen LogP contribution is -2.02. The zero-order valence-corrected chi connectivity index (χ0v) is 7.43. The first-order valence-corrected chi connectivity index (χ1v) is 4.06. The fourth-order valence-corrected chi connectivity index (χ4v) is 0.909. The number of hydrogen-bond acceptors (Lipinski definition) is 1. The summed E-state index contributed by atoms with van der Waals surface area (Å²) in [5.41, 5.74) is 0. The van der Waals surface area contributed by atoms with Gasteiger partial charge in [0.15, 0.2) is 0 Å². The summed E-state index contributed by atoms with van der Waals surface area (Å²) in [7, 11) is 0. The second-order valence-electron chi connectivity index (χ2n) is 2.71. The van der Waals surface area contributed by atoms with E-state index in [2.05, 4.69) is 18.5 Å². The van der Waals surface area contributed by atoms with E-state index in [1.165, 1.54) is 0 Å². The lowest BCUT2D eigenvalue weighted by molar-refractivity contribution is 0.528. The van der Waals surface area contributed by atoms with E-state index >= 15 is 0 Å². The topological polar surface area (TPSA) is 35.3 Å². The molecule has 0 rings (SSSR count). The molecule has 2 nitrogen and oxygen atoms in total. The van der Waals surface area contributed by atoms with Crippen LogP contribution in [0, 0.1) is 5.92 Å². The Balaban J connectivity index is 3.69. The summed E-state index contributed by atoms with van der Waals surface area (Å²) in [5, 5.41) is 7.09. The van der Waals surface area contributed by atoms with Gasteiger partial charge in [-0.05, 0) is 12.3 Å². The molecule has 0 aliphatic rings. The normalized spacial score (nSPS) is 14.5. The van der Waals surface area contributed by atoms with Crippen LogP contribution < -0.4 is 0 Å². The molecule has 0 saturated heterocycles. The van der Waals surface area contributed by atoms with Crippen LogP contribution in [0.15, 0.2) is 17.6 Å². The summed E-state index contributed by atoms with van der Waals surface area (Å²) >= 11 is 0. The van der Waals surface area contributed by atoms with Gasteiger partial charge in [0.1, 0.15) is 0 Å². The van der Waals surface area contributed by atoms with Crippen molar-refractivity contribution in [3.63, 3.8) is 0 Å². The molecule has 0 saturated carbocycles. The van der Waals surface area contributed by atoms with E-state index in [0.717, 1.165) is 19.4 Å². The lowest BCUT2D eigenvalue weighted by atomic mass is 10.0. The monoisotopic (exact) mass is 156 g/mol. The van der Waals surface area contributed by atoms with Crippen LogP contribution >= 0.6 is 0 Å². The third-order valence-electron chi connectivity index (χ3n) is 1.56. The molecule has 1 unspecified atom stereocenters. The first-order valence-electron chi connectivity index (χ1n) is 4.06. The Morgan fingerprint density at radius 2 is 2.36 bits per heavy atom. The van der Waals surface area contributed by atoms with Crippen molar-refractivity contribution in [1.82, 2.24) is 0 Å². The predicted molar refractivity (Wildman–Crippen MR) is 50.2 cm³/mol. The molecule has 0 amide bonds. The van der Waals surface area contributed by atoms with Gasteiger partial charge in [-0.2, -0.15) is 0 Å². The Morgan fingerprint density at radius 3 is 2.73 bits per heavy atom. The quantitative estimate of drug-likeness (QED) is 0.251. The zero-order valence-electron chi connectivity index (χ0n) is 7.43. The Morgan fingerprint density at radius 1 is 1.73 bits per heavy atom. The van der Waals surface area contributed by atoms with E-state index in [1.807, 2.05) is 6.08 Å². The van der Waals surface area contributed by atoms with Crippen molar-refractivity contribution >= 4 is 5.90 Å². The van der Waals surface area contributed by atoms with Gasteiger partial charge >= 0.3 is 5.90 Å². The SMILES string of the molecule is C=CC(CCC)CN=C(C)[OH2+]. The highest BCUT2D eigenvalue weighted by Crippen LogP contribution is 2.07. The minimum Gasteiger partial charge on any atom is -0.582 e. The lowest BCUT2D eigenvalue weighted by Gasteiger charge is -2.05. The first kappa shape index (κ1) is 10.2. The standard InChI is InChI=1S/C9H17NO/c1-4-6-9(5-2)7-10-8(3)11/h5,9H,2,4,6-7H2,1,3H3,(H,10,11)/p+1. The van der Waals surface area contributed by atoms with Crippen molar-refractivity contribution in [3.05, 3.63) is 12.7 Å². The third-order valence-corrected chi connectivity index (χ3v) is 1.56. The number of rotatable bonds is 5. The van der Waals surface area contributed by atoms with Gasteiger partial charge in [-0.15, -0.1) is 6.58 Å². The summed E-state index contributed by atoms with van der Waals surface area (Å²) in [4.78, 5) is 4.03. The van der Waals surface area contributed by atoms with Crippen molar-refractivity contribution in [2.24, 2.45) is 10.9 Å². The molecule has 0 aliphatic carbocycles. The predicted octanol–water partition coefficient (Wildman–Crippen LogP) is 1.73. The van der Waals surface area contributed by atoms with E-state index < -0.39 is 0 Å². The van der Waals surface area contributed by atoms with Crippen LogP contribution in [0.2, 0.25) is 0 Å². The van der Waals surface area contributed by atoms with E-state index in [9.17, 15) is 0 Å². The van der Waals surface area contributed by atoms with Crippen molar-refractivity contribution in [2.75, 3.05) is 6.54 Å². The second-order valence-corrected chi connectivity index (χ2v) is 2.71. The Kier molecular flexibility index (Phi) is 5.53.